The SMILES string of the molecule is CCCCCCCCCCCCCCCCCCC(=O)O[C@H](COC(=O)CCCCCCCCCCCCCCC(C)C)COP(=O)(O)OC[C@@H](O)COP(=O)(O)OC[C@@H](COC(=O)CCCCCCCCCCCCCCC)OC(=O)CCCCCCCCCCCCCC(C)C. The van der Waals surface area contributed by atoms with Gasteiger partial charge in [-0.2, -0.15) is 0 Å². The molecule has 0 rings (SSSR count). The largest absolute Gasteiger partial charge is 0.472 e. The van der Waals surface area contributed by atoms with E-state index in [4.69, 9.17) is 37.0 Å². The number of rotatable bonds is 78. The maximum absolute atomic E-state index is 13.1. The summed E-state index contributed by atoms with van der Waals surface area (Å²) in [6.07, 6.45) is 59.4. The molecule has 0 saturated carbocycles. The quantitative estimate of drug-likeness (QED) is 0.0222. The van der Waals surface area contributed by atoms with Crippen LogP contribution in [0, 0.1) is 11.8 Å². The lowest BCUT2D eigenvalue weighted by molar-refractivity contribution is -0.161. The molecule has 582 valence electrons. The minimum absolute atomic E-state index is 0.107. The highest BCUT2D eigenvalue weighted by molar-refractivity contribution is 7.47. The van der Waals surface area contributed by atoms with Gasteiger partial charge < -0.3 is 33.8 Å². The summed E-state index contributed by atoms with van der Waals surface area (Å²) < 4.78 is 68.7. The maximum Gasteiger partial charge on any atom is 0.472 e. The second kappa shape index (κ2) is 70.7. The van der Waals surface area contributed by atoms with Crippen LogP contribution < -0.4 is 0 Å². The molecule has 2 unspecified atom stereocenters. The van der Waals surface area contributed by atoms with E-state index >= 15 is 0 Å². The van der Waals surface area contributed by atoms with Crippen molar-refractivity contribution >= 4 is 39.5 Å². The van der Waals surface area contributed by atoms with E-state index < -0.39 is 97.5 Å². The molecule has 0 amide bonds. The summed E-state index contributed by atoms with van der Waals surface area (Å²) in [6, 6.07) is 0. The van der Waals surface area contributed by atoms with E-state index in [-0.39, 0.29) is 25.7 Å². The van der Waals surface area contributed by atoms with Crippen molar-refractivity contribution in [1.29, 1.82) is 0 Å². The number of carbonyl (C=O) groups excluding carboxylic acids is 4. The van der Waals surface area contributed by atoms with Gasteiger partial charge in [0.15, 0.2) is 12.2 Å². The van der Waals surface area contributed by atoms with Crippen LogP contribution in [0.2, 0.25) is 0 Å². The molecule has 17 nitrogen and oxygen atoms in total. The number of carbonyl (C=O) groups is 4. The molecule has 0 aromatic heterocycles. The van der Waals surface area contributed by atoms with Crippen molar-refractivity contribution in [3.05, 3.63) is 0 Å². The number of hydrogen-bond donors (Lipinski definition) is 3. The fourth-order valence-electron chi connectivity index (χ4n) is 12.2. The van der Waals surface area contributed by atoms with Crippen LogP contribution in [0.25, 0.3) is 0 Å². The Morgan fingerprint density at radius 3 is 0.694 bits per heavy atom. The summed E-state index contributed by atoms with van der Waals surface area (Å²) >= 11 is 0. The van der Waals surface area contributed by atoms with E-state index in [0.717, 1.165) is 102 Å². The zero-order valence-electron chi connectivity index (χ0n) is 64.1. The number of unbranched alkanes of at least 4 members (excludes halogenated alkanes) is 48. The first-order valence-electron chi connectivity index (χ1n) is 41.0. The van der Waals surface area contributed by atoms with E-state index in [1.54, 1.807) is 0 Å². The number of aliphatic hydroxyl groups excluding tert-OH is 1. The van der Waals surface area contributed by atoms with E-state index in [9.17, 15) is 43.2 Å². The van der Waals surface area contributed by atoms with Gasteiger partial charge in [0, 0.05) is 25.7 Å². The summed E-state index contributed by atoms with van der Waals surface area (Å²) in [5, 5.41) is 10.6. The molecule has 0 radical (unpaired) electrons. The second-order valence-electron chi connectivity index (χ2n) is 29.4. The molecule has 5 atom stereocenters. The van der Waals surface area contributed by atoms with E-state index in [2.05, 4.69) is 41.5 Å². The average molecular weight is 1440 g/mol. The molecule has 0 aliphatic rings. The molecule has 0 aromatic rings. The van der Waals surface area contributed by atoms with E-state index in [0.29, 0.717) is 25.7 Å². The predicted molar refractivity (Wildman–Crippen MR) is 400 cm³/mol. The summed E-state index contributed by atoms with van der Waals surface area (Å²) in [6.45, 7) is 9.64. The number of hydrogen-bond acceptors (Lipinski definition) is 15. The molecule has 0 saturated heterocycles. The average Bonchev–Trinajstić information content (AvgIpc) is 1.10. The van der Waals surface area contributed by atoms with Crippen LogP contribution >= 0.6 is 15.6 Å². The standard InChI is InChI=1S/C79H154O17P2/c1-7-9-11-13-15-17-19-21-22-23-25-33-39-45-51-57-63-78(83)95-74(67-90-77(82)62-56-50-44-38-32-27-26-29-35-41-47-53-59-71(3)4)69-93-97(85,86)91-65-73(80)66-92-98(87,88)94-70-75(68-89-76(81)61-55-49-43-37-31-24-20-18-16-14-12-10-8-2)96-79(84)64-58-52-46-40-34-28-30-36-42-48-54-60-72(5)6/h71-75,80H,7-70H2,1-6H3,(H,85,86)(H,87,88)/t73-,74-,75-/m1/s1. The van der Waals surface area contributed by atoms with Crippen molar-refractivity contribution in [2.75, 3.05) is 39.6 Å². The van der Waals surface area contributed by atoms with Gasteiger partial charge in [0.2, 0.25) is 0 Å². The smallest absolute Gasteiger partial charge is 0.462 e. The molecule has 0 aliphatic heterocycles. The molecular formula is C79H154O17P2. The third-order valence-corrected chi connectivity index (χ3v) is 20.4. The molecule has 0 aliphatic carbocycles. The molecule has 0 aromatic carbocycles. The van der Waals surface area contributed by atoms with Gasteiger partial charge in [0.05, 0.1) is 26.4 Å². The summed E-state index contributed by atoms with van der Waals surface area (Å²) in [7, 11) is -9.92. The Hall–Kier alpha value is -1.94. The van der Waals surface area contributed by atoms with Crippen LogP contribution in [0.4, 0.5) is 0 Å². The van der Waals surface area contributed by atoms with Crippen LogP contribution in [0.5, 0.6) is 0 Å². The van der Waals surface area contributed by atoms with Crippen LogP contribution in [-0.4, -0.2) is 96.7 Å². The first-order valence-corrected chi connectivity index (χ1v) is 44.0. The monoisotopic (exact) mass is 1440 g/mol. The molecule has 0 fully saturated rings. The number of phosphoric ester groups is 2. The van der Waals surface area contributed by atoms with Gasteiger partial charge in [-0.15, -0.1) is 0 Å². The first kappa shape index (κ1) is 96.1. The Labute approximate surface area is 600 Å². The highest BCUT2D eigenvalue weighted by Crippen LogP contribution is 2.45. The number of ether oxygens (including phenoxy) is 4. The maximum atomic E-state index is 13.1. The molecule has 0 bridgehead atoms. The highest BCUT2D eigenvalue weighted by Gasteiger charge is 2.30. The van der Waals surface area contributed by atoms with Crippen molar-refractivity contribution in [3.8, 4) is 0 Å². The lowest BCUT2D eigenvalue weighted by Crippen LogP contribution is -2.30. The Kier molecular flexibility index (Phi) is 69.3. The highest BCUT2D eigenvalue weighted by atomic mass is 31.2. The lowest BCUT2D eigenvalue weighted by Gasteiger charge is -2.21. The molecular weight excluding hydrogens is 1280 g/mol. The van der Waals surface area contributed by atoms with Crippen molar-refractivity contribution < 1.29 is 80.2 Å². The van der Waals surface area contributed by atoms with Gasteiger partial charge in [-0.1, -0.05) is 363 Å². The van der Waals surface area contributed by atoms with Crippen molar-refractivity contribution in [2.24, 2.45) is 11.8 Å². The predicted octanol–water partition coefficient (Wildman–Crippen LogP) is 23.5. The Morgan fingerprint density at radius 1 is 0.276 bits per heavy atom. The Bertz CT molecular complexity index is 1890. The summed E-state index contributed by atoms with van der Waals surface area (Å²) in [5.74, 6) is -0.561. The summed E-state index contributed by atoms with van der Waals surface area (Å²) in [4.78, 5) is 73.0. The van der Waals surface area contributed by atoms with Crippen molar-refractivity contribution in [3.63, 3.8) is 0 Å². The second-order valence-corrected chi connectivity index (χ2v) is 32.3. The van der Waals surface area contributed by atoms with Crippen molar-refractivity contribution in [2.45, 2.75) is 432 Å². The van der Waals surface area contributed by atoms with Gasteiger partial charge >= 0.3 is 39.5 Å². The Morgan fingerprint density at radius 2 is 0.469 bits per heavy atom. The third-order valence-electron chi connectivity index (χ3n) is 18.5. The van der Waals surface area contributed by atoms with Gasteiger partial charge in [-0.25, -0.2) is 9.13 Å². The van der Waals surface area contributed by atoms with Gasteiger partial charge in [0.25, 0.3) is 0 Å². The molecule has 0 heterocycles. The van der Waals surface area contributed by atoms with E-state index in [1.807, 2.05) is 0 Å². The minimum atomic E-state index is -4.96. The van der Waals surface area contributed by atoms with E-state index in [1.165, 1.54) is 231 Å². The lowest BCUT2D eigenvalue weighted by atomic mass is 10.0. The van der Waals surface area contributed by atoms with Gasteiger partial charge in [-0.3, -0.25) is 37.3 Å². The van der Waals surface area contributed by atoms with Gasteiger partial charge in [-0.05, 0) is 37.5 Å². The number of esters is 4. The molecule has 0 spiro atoms. The minimum Gasteiger partial charge on any atom is -0.462 e. The fraction of sp³-hybridized carbons (Fsp3) is 0.949. The normalized spacial score (nSPS) is 13.9. The fourth-order valence-corrected chi connectivity index (χ4v) is 13.8. The van der Waals surface area contributed by atoms with Crippen LogP contribution in [0.1, 0.15) is 414 Å². The van der Waals surface area contributed by atoms with Crippen LogP contribution in [0.15, 0.2) is 0 Å². The number of phosphoric acid groups is 2. The summed E-state index contributed by atoms with van der Waals surface area (Å²) in [5.41, 5.74) is 0. The zero-order chi connectivity index (χ0) is 72.1. The van der Waals surface area contributed by atoms with Crippen LogP contribution in [0.3, 0.4) is 0 Å². The number of aliphatic hydroxyl groups is 1. The van der Waals surface area contributed by atoms with Crippen LogP contribution in [-0.2, 0) is 65.4 Å². The van der Waals surface area contributed by atoms with Gasteiger partial charge in [0.1, 0.15) is 19.3 Å². The zero-order valence-corrected chi connectivity index (χ0v) is 65.9. The van der Waals surface area contributed by atoms with Crippen molar-refractivity contribution in [1.82, 2.24) is 0 Å². The molecule has 3 N–H and O–H groups in total. The third kappa shape index (κ3) is 72.4. The topological polar surface area (TPSA) is 237 Å². The Balaban J connectivity index is 5.27. The first-order chi connectivity index (χ1) is 47.4. The molecule has 19 heteroatoms. The molecule has 98 heavy (non-hydrogen) atoms.